The lowest BCUT2D eigenvalue weighted by Gasteiger charge is -2.28. The number of carbonyl (C=O) groups is 2. The number of ether oxygens (including phenoxy) is 2. The molecule has 0 aliphatic carbocycles. The zero-order chi connectivity index (χ0) is 23.6. The highest BCUT2D eigenvalue weighted by atomic mass is 16.5. The third kappa shape index (κ3) is 4.16. The van der Waals surface area contributed by atoms with Gasteiger partial charge in [-0.05, 0) is 49.1 Å². The van der Waals surface area contributed by atoms with Gasteiger partial charge in [0.1, 0.15) is 17.0 Å². The van der Waals surface area contributed by atoms with E-state index in [0.29, 0.717) is 23.7 Å². The van der Waals surface area contributed by atoms with Gasteiger partial charge in [0, 0.05) is 12.6 Å². The van der Waals surface area contributed by atoms with E-state index in [9.17, 15) is 9.59 Å². The second-order valence-corrected chi connectivity index (χ2v) is 8.54. The molecule has 0 N–H and O–H groups in total. The fourth-order valence-corrected chi connectivity index (χ4v) is 4.15. The van der Waals surface area contributed by atoms with Crippen LogP contribution in [0.5, 0.6) is 11.5 Å². The van der Waals surface area contributed by atoms with Gasteiger partial charge < -0.3 is 14.4 Å². The summed E-state index contributed by atoms with van der Waals surface area (Å²) in [5, 5.41) is 0. The molecular weight excluding hydrogens is 416 g/mol. The van der Waals surface area contributed by atoms with Gasteiger partial charge in [-0.1, -0.05) is 54.6 Å². The minimum atomic E-state index is -1.01. The fourth-order valence-electron chi connectivity index (χ4n) is 4.15. The summed E-state index contributed by atoms with van der Waals surface area (Å²) in [4.78, 5) is 29.8. The number of nitrogens with zero attached hydrogens (tertiary/aromatic N) is 2. The van der Waals surface area contributed by atoms with E-state index in [-0.39, 0.29) is 11.9 Å². The molecule has 1 saturated heterocycles. The molecule has 0 radical (unpaired) electrons. The zero-order valence-corrected chi connectivity index (χ0v) is 19.4. The van der Waals surface area contributed by atoms with Crippen molar-refractivity contribution in [3.05, 3.63) is 89.5 Å². The van der Waals surface area contributed by atoms with E-state index in [1.807, 2.05) is 36.4 Å². The summed E-state index contributed by atoms with van der Waals surface area (Å²) in [5.74, 6) is 0.690. The Hall–Kier alpha value is -3.80. The molecule has 170 valence electrons. The van der Waals surface area contributed by atoms with E-state index < -0.39 is 5.54 Å². The number of rotatable bonds is 7. The van der Waals surface area contributed by atoms with Gasteiger partial charge >= 0.3 is 6.03 Å². The molecule has 1 heterocycles. The molecule has 4 rings (SSSR count). The number of imide groups is 1. The lowest BCUT2D eigenvalue weighted by Crippen LogP contribution is -2.43. The van der Waals surface area contributed by atoms with Gasteiger partial charge in [-0.25, -0.2) is 9.69 Å². The first-order valence-corrected chi connectivity index (χ1v) is 10.9. The van der Waals surface area contributed by atoms with Crippen LogP contribution in [0.15, 0.2) is 72.8 Å². The molecule has 3 aromatic carbocycles. The van der Waals surface area contributed by atoms with Crippen LogP contribution in [0, 0.1) is 0 Å². The van der Waals surface area contributed by atoms with Crippen molar-refractivity contribution in [3.63, 3.8) is 0 Å². The smallest absolute Gasteiger partial charge is 0.332 e. The molecule has 1 fully saturated rings. The third-order valence-corrected chi connectivity index (χ3v) is 6.14. The topological polar surface area (TPSA) is 59.1 Å². The maximum atomic E-state index is 13.6. The highest BCUT2D eigenvalue weighted by Gasteiger charge is 2.52. The van der Waals surface area contributed by atoms with Gasteiger partial charge in [-0.2, -0.15) is 0 Å². The second-order valence-electron chi connectivity index (χ2n) is 8.54. The molecule has 3 amide bonds. The summed E-state index contributed by atoms with van der Waals surface area (Å²) < 4.78 is 10.7. The minimum absolute atomic E-state index is 0.295. The lowest BCUT2D eigenvalue weighted by atomic mass is 9.97. The van der Waals surface area contributed by atoms with Crippen LogP contribution < -0.4 is 14.4 Å². The Morgan fingerprint density at radius 3 is 2.15 bits per heavy atom. The average Bonchev–Trinajstić information content (AvgIpc) is 2.99. The predicted molar refractivity (Wildman–Crippen MR) is 128 cm³/mol. The summed E-state index contributed by atoms with van der Waals surface area (Å²) in [7, 11) is 3.06. The largest absolute Gasteiger partial charge is 0.497 e. The van der Waals surface area contributed by atoms with Crippen molar-refractivity contribution in [3.8, 4) is 11.5 Å². The highest BCUT2D eigenvalue weighted by Crippen LogP contribution is 2.39. The van der Waals surface area contributed by atoms with Crippen molar-refractivity contribution in [1.82, 2.24) is 4.90 Å². The molecule has 1 aliphatic rings. The van der Waals surface area contributed by atoms with Crippen LogP contribution in [0.2, 0.25) is 0 Å². The van der Waals surface area contributed by atoms with Gasteiger partial charge in [-0.3, -0.25) is 4.79 Å². The van der Waals surface area contributed by atoms with Crippen LogP contribution in [-0.2, 0) is 17.8 Å². The van der Waals surface area contributed by atoms with Gasteiger partial charge in [-0.15, -0.1) is 0 Å². The van der Waals surface area contributed by atoms with Crippen molar-refractivity contribution in [1.29, 1.82) is 0 Å². The van der Waals surface area contributed by atoms with Gasteiger partial charge in [0.05, 0.1) is 19.9 Å². The Labute approximate surface area is 194 Å². The van der Waals surface area contributed by atoms with Crippen molar-refractivity contribution >= 4 is 17.6 Å². The van der Waals surface area contributed by atoms with E-state index in [1.54, 1.807) is 44.1 Å². The first-order chi connectivity index (χ1) is 15.9. The van der Waals surface area contributed by atoms with Crippen LogP contribution in [0.1, 0.15) is 30.5 Å². The normalized spacial score (nSPS) is 15.2. The van der Waals surface area contributed by atoms with Crippen LogP contribution in [-0.4, -0.2) is 36.6 Å². The Morgan fingerprint density at radius 2 is 1.48 bits per heavy atom. The summed E-state index contributed by atoms with van der Waals surface area (Å²) in [6, 6.07) is 22.9. The number of urea groups is 1. The minimum Gasteiger partial charge on any atom is -0.497 e. The highest BCUT2D eigenvalue weighted by molar-refractivity contribution is 6.23. The summed E-state index contributed by atoms with van der Waals surface area (Å²) in [6.45, 7) is 3.89. The molecule has 0 unspecified atom stereocenters. The molecule has 3 aromatic rings. The summed E-state index contributed by atoms with van der Waals surface area (Å²) in [6.07, 6.45) is 0.753. The first kappa shape index (κ1) is 22.4. The molecule has 0 spiro atoms. The molecule has 0 atom stereocenters. The maximum Gasteiger partial charge on any atom is 0.332 e. The van der Waals surface area contributed by atoms with Crippen LogP contribution in [0.3, 0.4) is 0 Å². The quantitative estimate of drug-likeness (QED) is 0.479. The Bertz CT molecular complexity index is 1170. The number of anilines is 1. The molecular formula is C27H28N2O4. The zero-order valence-electron chi connectivity index (χ0n) is 19.4. The SMILES string of the molecule is COc1ccc(N2C(=O)N(Cc3ccccc3Cc3ccccc3)C(C)(C)C2=O)c(OC)c1. The fraction of sp³-hybridized carbons (Fsp3) is 0.259. The predicted octanol–water partition coefficient (Wildman–Crippen LogP) is 5.04. The standard InChI is InChI=1S/C27H28N2O4/c1-27(2)25(30)29(23-15-14-22(32-3)17-24(23)33-4)26(31)28(27)18-21-13-9-8-12-20(21)16-19-10-6-5-7-11-19/h5-15,17H,16,18H2,1-4H3. The van der Waals surface area contributed by atoms with E-state index >= 15 is 0 Å². The van der Waals surface area contributed by atoms with E-state index in [1.165, 1.54) is 17.6 Å². The molecule has 0 saturated carbocycles. The Balaban J connectivity index is 1.67. The summed E-state index contributed by atoms with van der Waals surface area (Å²) in [5.41, 5.74) is 2.72. The van der Waals surface area contributed by atoms with Gasteiger partial charge in [0.25, 0.3) is 5.91 Å². The van der Waals surface area contributed by atoms with E-state index in [0.717, 1.165) is 17.5 Å². The number of amides is 3. The monoisotopic (exact) mass is 444 g/mol. The van der Waals surface area contributed by atoms with E-state index in [2.05, 4.69) is 18.2 Å². The van der Waals surface area contributed by atoms with E-state index in [4.69, 9.17) is 9.47 Å². The van der Waals surface area contributed by atoms with Crippen molar-refractivity contribution in [2.24, 2.45) is 0 Å². The Morgan fingerprint density at radius 1 is 0.818 bits per heavy atom. The molecule has 1 aliphatic heterocycles. The molecule has 6 heteroatoms. The van der Waals surface area contributed by atoms with Crippen LogP contribution in [0.4, 0.5) is 10.5 Å². The number of benzene rings is 3. The summed E-state index contributed by atoms with van der Waals surface area (Å²) >= 11 is 0. The Kier molecular flexibility index (Phi) is 6.09. The lowest BCUT2D eigenvalue weighted by molar-refractivity contribution is -0.123. The third-order valence-electron chi connectivity index (χ3n) is 6.14. The number of carbonyl (C=O) groups excluding carboxylic acids is 2. The number of methoxy groups -OCH3 is 2. The van der Waals surface area contributed by atoms with Crippen LogP contribution >= 0.6 is 0 Å². The molecule has 0 aromatic heterocycles. The molecule has 33 heavy (non-hydrogen) atoms. The van der Waals surface area contributed by atoms with Gasteiger partial charge in [0.15, 0.2) is 0 Å². The van der Waals surface area contributed by atoms with Gasteiger partial charge in [0.2, 0.25) is 0 Å². The maximum absolute atomic E-state index is 13.6. The number of hydrogen-bond donors (Lipinski definition) is 0. The first-order valence-electron chi connectivity index (χ1n) is 10.9. The average molecular weight is 445 g/mol. The molecule has 6 nitrogen and oxygen atoms in total. The van der Waals surface area contributed by atoms with Crippen molar-refractivity contribution in [2.45, 2.75) is 32.4 Å². The number of hydrogen-bond acceptors (Lipinski definition) is 4. The van der Waals surface area contributed by atoms with Crippen LogP contribution in [0.25, 0.3) is 0 Å². The second kappa shape index (κ2) is 8.98. The molecule has 0 bridgehead atoms. The van der Waals surface area contributed by atoms with Crippen molar-refractivity contribution in [2.75, 3.05) is 19.1 Å². The van der Waals surface area contributed by atoms with Crippen molar-refractivity contribution < 1.29 is 19.1 Å².